The summed E-state index contributed by atoms with van der Waals surface area (Å²) in [6, 6.07) is 0.0659. The van der Waals surface area contributed by atoms with Gasteiger partial charge in [-0.2, -0.15) is 0 Å². The predicted octanol–water partition coefficient (Wildman–Crippen LogP) is 1.66. The number of hydrogen-bond donors (Lipinski definition) is 3. The van der Waals surface area contributed by atoms with Gasteiger partial charge in [0.1, 0.15) is 0 Å². The van der Waals surface area contributed by atoms with Gasteiger partial charge in [-0.3, -0.25) is 4.79 Å². The quantitative estimate of drug-likeness (QED) is 0.780. The highest BCUT2D eigenvalue weighted by Gasteiger charge is 2.42. The number of imidazole rings is 1. The predicted molar refractivity (Wildman–Crippen MR) is 71.4 cm³/mol. The number of carboxylic acid groups (broad SMARTS) is 1. The van der Waals surface area contributed by atoms with Crippen molar-refractivity contribution in [3.8, 4) is 0 Å². The van der Waals surface area contributed by atoms with E-state index in [1.54, 1.807) is 0 Å². The highest BCUT2D eigenvalue weighted by Crippen LogP contribution is 2.49. The number of carboxylic acids is 1. The fraction of sp³-hybridized carbons (Fsp3) is 0.643. The Morgan fingerprint density at radius 2 is 2.25 bits per heavy atom. The Bertz CT molecular complexity index is 540. The van der Waals surface area contributed by atoms with Crippen molar-refractivity contribution in [2.24, 2.45) is 17.8 Å². The van der Waals surface area contributed by atoms with Gasteiger partial charge in [-0.15, -0.1) is 0 Å². The molecule has 1 aromatic rings. The van der Waals surface area contributed by atoms with Crippen molar-refractivity contribution in [3.05, 3.63) is 17.7 Å². The average Bonchev–Trinajstić information content (AvgIpc) is 3.13. The van der Waals surface area contributed by atoms with Crippen molar-refractivity contribution in [1.82, 2.24) is 15.3 Å². The van der Waals surface area contributed by atoms with Crippen LogP contribution in [-0.4, -0.2) is 33.0 Å². The number of carbonyl (C=O) groups is 2. The van der Waals surface area contributed by atoms with E-state index in [2.05, 4.69) is 15.3 Å². The van der Waals surface area contributed by atoms with Gasteiger partial charge in [0.2, 0.25) is 0 Å². The van der Waals surface area contributed by atoms with E-state index in [-0.39, 0.29) is 17.4 Å². The molecule has 2 bridgehead atoms. The summed E-state index contributed by atoms with van der Waals surface area (Å²) in [6.07, 6.45) is 6.29. The van der Waals surface area contributed by atoms with Crippen molar-refractivity contribution >= 4 is 11.9 Å². The molecule has 2 aliphatic rings. The van der Waals surface area contributed by atoms with Gasteiger partial charge in [0.05, 0.1) is 6.33 Å². The van der Waals surface area contributed by atoms with Crippen LogP contribution in [0.1, 0.15) is 53.6 Å². The molecule has 0 spiro atoms. The third-order valence-electron chi connectivity index (χ3n) is 4.86. The second-order valence-electron chi connectivity index (χ2n) is 6.03. The van der Waals surface area contributed by atoms with Crippen LogP contribution in [0.25, 0.3) is 0 Å². The number of aromatic carboxylic acids is 1. The van der Waals surface area contributed by atoms with Gasteiger partial charge in [-0.05, 0) is 43.9 Å². The lowest BCUT2D eigenvalue weighted by Gasteiger charge is -2.28. The number of amides is 1. The first kappa shape index (κ1) is 13.1. The second kappa shape index (κ2) is 4.92. The molecule has 4 atom stereocenters. The van der Waals surface area contributed by atoms with Crippen molar-refractivity contribution in [3.63, 3.8) is 0 Å². The number of rotatable bonds is 4. The minimum atomic E-state index is -1.17. The highest BCUT2D eigenvalue weighted by atomic mass is 16.4. The van der Waals surface area contributed by atoms with Crippen LogP contribution in [0, 0.1) is 17.8 Å². The van der Waals surface area contributed by atoms with Crippen molar-refractivity contribution in [2.75, 3.05) is 0 Å². The first-order valence-electron chi connectivity index (χ1n) is 7.13. The Morgan fingerprint density at radius 3 is 2.85 bits per heavy atom. The lowest BCUT2D eigenvalue weighted by molar-refractivity contribution is 0.0683. The number of nitrogens with one attached hydrogen (secondary N) is 2. The maximum Gasteiger partial charge on any atom is 0.354 e. The topological polar surface area (TPSA) is 95.1 Å². The van der Waals surface area contributed by atoms with Gasteiger partial charge in [-0.25, -0.2) is 9.78 Å². The zero-order valence-electron chi connectivity index (χ0n) is 11.4. The molecule has 3 rings (SSSR count). The SMILES string of the molecule is CC(NC(=O)c1nc[nH]c1C(=O)O)C1CC2CCC1C2. The summed E-state index contributed by atoms with van der Waals surface area (Å²) in [5.41, 5.74) is -0.185. The Morgan fingerprint density at radius 1 is 1.45 bits per heavy atom. The van der Waals surface area contributed by atoms with Gasteiger partial charge in [-0.1, -0.05) is 6.42 Å². The molecule has 108 valence electrons. The van der Waals surface area contributed by atoms with Crippen molar-refractivity contribution in [1.29, 1.82) is 0 Å². The number of fused-ring (bicyclic) bond motifs is 2. The van der Waals surface area contributed by atoms with Gasteiger partial charge >= 0.3 is 5.97 Å². The number of hydrogen-bond acceptors (Lipinski definition) is 3. The van der Waals surface area contributed by atoms with Crippen LogP contribution in [0.5, 0.6) is 0 Å². The zero-order chi connectivity index (χ0) is 14.3. The van der Waals surface area contributed by atoms with Crippen LogP contribution < -0.4 is 5.32 Å². The van der Waals surface area contributed by atoms with Gasteiger partial charge in [0.25, 0.3) is 5.91 Å². The molecule has 6 nitrogen and oxygen atoms in total. The molecule has 2 aliphatic carbocycles. The third-order valence-corrected chi connectivity index (χ3v) is 4.86. The van der Waals surface area contributed by atoms with Crippen LogP contribution in [0.2, 0.25) is 0 Å². The number of carbonyl (C=O) groups excluding carboxylic acids is 1. The van der Waals surface area contributed by atoms with E-state index in [4.69, 9.17) is 5.11 Å². The molecule has 0 aliphatic heterocycles. The summed E-state index contributed by atoms with van der Waals surface area (Å²) >= 11 is 0. The summed E-state index contributed by atoms with van der Waals surface area (Å²) in [6.45, 7) is 2.01. The van der Waals surface area contributed by atoms with Crippen molar-refractivity contribution in [2.45, 2.75) is 38.6 Å². The molecule has 0 saturated heterocycles. The Hall–Kier alpha value is -1.85. The monoisotopic (exact) mass is 277 g/mol. The number of H-pyrrole nitrogens is 1. The first-order chi connectivity index (χ1) is 9.56. The van der Waals surface area contributed by atoms with E-state index >= 15 is 0 Å². The Labute approximate surface area is 117 Å². The normalized spacial score (nSPS) is 29.4. The van der Waals surface area contributed by atoms with Crippen LogP contribution in [0.15, 0.2) is 6.33 Å². The summed E-state index contributed by atoms with van der Waals surface area (Å²) in [7, 11) is 0. The molecule has 2 fully saturated rings. The molecule has 1 aromatic heterocycles. The summed E-state index contributed by atoms with van der Waals surface area (Å²) in [5, 5.41) is 11.9. The lowest BCUT2D eigenvalue weighted by Crippen LogP contribution is -2.40. The maximum atomic E-state index is 12.1. The van der Waals surface area contributed by atoms with Gasteiger partial charge in [0.15, 0.2) is 11.4 Å². The molecular formula is C14H19N3O3. The standard InChI is InChI=1S/C14H19N3O3/c1-7(10-5-8-2-3-9(10)4-8)17-13(18)11-12(14(19)20)16-6-15-11/h6-10H,2-5H2,1H3,(H,15,16)(H,17,18)(H,19,20). The van der Waals surface area contributed by atoms with Gasteiger partial charge < -0.3 is 15.4 Å². The molecule has 20 heavy (non-hydrogen) atoms. The molecule has 3 N–H and O–H groups in total. The highest BCUT2D eigenvalue weighted by molar-refractivity contribution is 6.02. The fourth-order valence-electron chi connectivity index (χ4n) is 3.92. The molecule has 2 saturated carbocycles. The molecule has 0 aromatic carbocycles. The number of aromatic amines is 1. The largest absolute Gasteiger partial charge is 0.477 e. The smallest absolute Gasteiger partial charge is 0.354 e. The summed E-state index contributed by atoms with van der Waals surface area (Å²) in [4.78, 5) is 29.4. The first-order valence-corrected chi connectivity index (χ1v) is 7.13. The van der Waals surface area contributed by atoms with Crippen LogP contribution in [0.3, 0.4) is 0 Å². The minimum Gasteiger partial charge on any atom is -0.477 e. The molecule has 6 heteroatoms. The van der Waals surface area contributed by atoms with E-state index in [9.17, 15) is 9.59 Å². The van der Waals surface area contributed by atoms with Crippen LogP contribution in [-0.2, 0) is 0 Å². The summed E-state index contributed by atoms with van der Waals surface area (Å²) < 4.78 is 0. The van der Waals surface area contributed by atoms with E-state index in [0.717, 1.165) is 5.92 Å². The van der Waals surface area contributed by atoms with Crippen LogP contribution >= 0.6 is 0 Å². The maximum absolute atomic E-state index is 12.1. The average molecular weight is 277 g/mol. The lowest BCUT2D eigenvalue weighted by atomic mass is 9.84. The second-order valence-corrected chi connectivity index (χ2v) is 6.03. The Balaban J connectivity index is 1.66. The van der Waals surface area contributed by atoms with E-state index in [1.165, 1.54) is 32.0 Å². The minimum absolute atomic E-state index is 0.0347. The zero-order valence-corrected chi connectivity index (χ0v) is 11.4. The van der Waals surface area contributed by atoms with E-state index in [0.29, 0.717) is 11.8 Å². The van der Waals surface area contributed by atoms with E-state index in [1.807, 2.05) is 6.92 Å². The third kappa shape index (κ3) is 2.19. The van der Waals surface area contributed by atoms with Crippen molar-refractivity contribution < 1.29 is 14.7 Å². The molecule has 4 unspecified atom stereocenters. The van der Waals surface area contributed by atoms with Gasteiger partial charge in [0, 0.05) is 6.04 Å². The van der Waals surface area contributed by atoms with E-state index < -0.39 is 11.9 Å². The van der Waals surface area contributed by atoms with Crippen LogP contribution in [0.4, 0.5) is 0 Å². The fourth-order valence-corrected chi connectivity index (χ4v) is 3.92. The number of nitrogens with zero attached hydrogens (tertiary/aromatic N) is 1. The molecule has 1 heterocycles. The summed E-state index contributed by atoms with van der Waals surface area (Å²) in [5.74, 6) is 0.488. The molecule has 0 radical (unpaired) electrons. The molecular weight excluding hydrogens is 258 g/mol. The molecule has 1 amide bonds. The number of aromatic nitrogens is 2. The Kier molecular flexibility index (Phi) is 3.23.